The lowest BCUT2D eigenvalue weighted by atomic mass is 10.2. The van der Waals surface area contributed by atoms with E-state index < -0.39 is 0 Å². The summed E-state index contributed by atoms with van der Waals surface area (Å²) in [6.45, 7) is 3.10. The Morgan fingerprint density at radius 3 is 2.38 bits per heavy atom. The van der Waals surface area contributed by atoms with Crippen LogP contribution in [0.5, 0.6) is 0 Å². The Balaban J connectivity index is 1.83. The van der Waals surface area contributed by atoms with Gasteiger partial charge in [0.15, 0.2) is 0 Å². The van der Waals surface area contributed by atoms with Crippen molar-refractivity contribution < 1.29 is 9.59 Å². The first kappa shape index (κ1) is 15.4. The summed E-state index contributed by atoms with van der Waals surface area (Å²) in [5.74, 6) is 0.102. The van der Waals surface area contributed by atoms with E-state index in [9.17, 15) is 9.59 Å². The average Bonchev–Trinajstić information content (AvgIpc) is 2.53. The molecule has 6 nitrogen and oxygen atoms in total. The first-order valence-corrected chi connectivity index (χ1v) is 7.21. The molecule has 0 atom stereocenters. The van der Waals surface area contributed by atoms with Crippen molar-refractivity contribution >= 4 is 11.8 Å². The number of rotatable bonds is 4. The van der Waals surface area contributed by atoms with Crippen LogP contribution in [0.3, 0.4) is 0 Å². The van der Waals surface area contributed by atoms with E-state index in [1.54, 1.807) is 29.3 Å². The SMILES string of the molecule is CN(C)CCC(=O)N1CCN(C(=O)c2ccccn2)CC1. The Kier molecular flexibility index (Phi) is 5.27. The van der Waals surface area contributed by atoms with Crippen molar-refractivity contribution in [3.8, 4) is 0 Å². The topological polar surface area (TPSA) is 56.8 Å². The zero-order chi connectivity index (χ0) is 15.2. The lowest BCUT2D eigenvalue weighted by Crippen LogP contribution is -2.51. The zero-order valence-corrected chi connectivity index (χ0v) is 12.7. The van der Waals surface area contributed by atoms with Gasteiger partial charge in [-0.05, 0) is 26.2 Å². The molecule has 1 saturated heterocycles. The molecular formula is C15H22N4O2. The highest BCUT2D eigenvalue weighted by Gasteiger charge is 2.25. The maximum atomic E-state index is 12.2. The molecule has 2 amide bonds. The minimum atomic E-state index is -0.0593. The maximum absolute atomic E-state index is 12.2. The predicted octanol–water partition coefficient (Wildman–Crippen LogP) is 0.318. The molecule has 0 aliphatic carbocycles. The van der Waals surface area contributed by atoms with Gasteiger partial charge in [-0.3, -0.25) is 14.6 Å². The van der Waals surface area contributed by atoms with Gasteiger partial charge in [0.1, 0.15) is 5.69 Å². The molecule has 0 aromatic carbocycles. The van der Waals surface area contributed by atoms with Crippen LogP contribution in [0.2, 0.25) is 0 Å². The standard InChI is InChI=1S/C15H22N4O2/c1-17(2)8-6-14(20)18-9-11-19(12-10-18)15(21)13-5-3-4-7-16-13/h3-5,7H,6,8-12H2,1-2H3. The molecule has 1 aliphatic rings. The maximum Gasteiger partial charge on any atom is 0.272 e. The average molecular weight is 290 g/mol. The molecule has 0 bridgehead atoms. The van der Waals surface area contributed by atoms with Crippen molar-refractivity contribution in [2.75, 3.05) is 46.8 Å². The molecule has 6 heteroatoms. The summed E-state index contributed by atoms with van der Waals surface area (Å²) in [5.41, 5.74) is 0.463. The molecule has 0 N–H and O–H groups in total. The summed E-state index contributed by atoms with van der Waals surface area (Å²) in [4.78, 5) is 34.0. The third kappa shape index (κ3) is 4.26. The van der Waals surface area contributed by atoms with E-state index in [4.69, 9.17) is 0 Å². The van der Waals surface area contributed by atoms with Gasteiger partial charge in [0.2, 0.25) is 5.91 Å². The van der Waals surface area contributed by atoms with E-state index >= 15 is 0 Å². The fourth-order valence-electron chi connectivity index (χ4n) is 2.29. The van der Waals surface area contributed by atoms with Crippen molar-refractivity contribution in [1.82, 2.24) is 19.7 Å². The van der Waals surface area contributed by atoms with Crippen LogP contribution < -0.4 is 0 Å². The van der Waals surface area contributed by atoms with Gasteiger partial charge in [0.25, 0.3) is 5.91 Å². The van der Waals surface area contributed by atoms with Crippen LogP contribution in [-0.2, 0) is 4.79 Å². The second-order valence-corrected chi connectivity index (χ2v) is 5.44. The van der Waals surface area contributed by atoms with Gasteiger partial charge in [-0.1, -0.05) is 6.07 Å². The quantitative estimate of drug-likeness (QED) is 0.801. The summed E-state index contributed by atoms with van der Waals surface area (Å²) in [6, 6.07) is 5.32. The van der Waals surface area contributed by atoms with Crippen LogP contribution >= 0.6 is 0 Å². The number of hydrogen-bond acceptors (Lipinski definition) is 4. The number of piperazine rings is 1. The van der Waals surface area contributed by atoms with Gasteiger partial charge < -0.3 is 14.7 Å². The largest absolute Gasteiger partial charge is 0.339 e. The fraction of sp³-hybridized carbons (Fsp3) is 0.533. The summed E-state index contributed by atoms with van der Waals surface area (Å²) in [6.07, 6.45) is 2.15. The molecule has 0 spiro atoms. The lowest BCUT2D eigenvalue weighted by Gasteiger charge is -2.34. The summed E-state index contributed by atoms with van der Waals surface area (Å²) < 4.78 is 0. The van der Waals surface area contributed by atoms with Crippen molar-refractivity contribution in [2.45, 2.75) is 6.42 Å². The first-order chi connectivity index (χ1) is 10.1. The minimum absolute atomic E-state index is 0.0593. The van der Waals surface area contributed by atoms with Crippen molar-refractivity contribution in [3.63, 3.8) is 0 Å². The molecule has 114 valence electrons. The number of nitrogens with zero attached hydrogens (tertiary/aromatic N) is 4. The molecule has 1 aromatic heterocycles. The Hall–Kier alpha value is -1.95. The highest BCUT2D eigenvalue weighted by Crippen LogP contribution is 2.08. The van der Waals surface area contributed by atoms with Crippen molar-refractivity contribution in [1.29, 1.82) is 0 Å². The van der Waals surface area contributed by atoms with Crippen LogP contribution in [0.15, 0.2) is 24.4 Å². The molecular weight excluding hydrogens is 268 g/mol. The van der Waals surface area contributed by atoms with Gasteiger partial charge in [-0.25, -0.2) is 0 Å². The highest BCUT2D eigenvalue weighted by atomic mass is 16.2. The van der Waals surface area contributed by atoms with E-state index in [0.717, 1.165) is 6.54 Å². The van der Waals surface area contributed by atoms with Gasteiger partial charge in [0.05, 0.1) is 0 Å². The van der Waals surface area contributed by atoms with Gasteiger partial charge in [-0.15, -0.1) is 0 Å². The van der Waals surface area contributed by atoms with Crippen molar-refractivity contribution in [3.05, 3.63) is 30.1 Å². The Bertz CT molecular complexity index is 482. The molecule has 0 saturated carbocycles. The second-order valence-electron chi connectivity index (χ2n) is 5.44. The zero-order valence-electron chi connectivity index (χ0n) is 12.7. The summed E-state index contributed by atoms with van der Waals surface area (Å²) in [5, 5.41) is 0. The molecule has 1 aromatic rings. The van der Waals surface area contributed by atoms with Crippen LogP contribution in [0.1, 0.15) is 16.9 Å². The Labute approximate surface area is 125 Å². The number of hydrogen-bond donors (Lipinski definition) is 0. The van der Waals surface area contributed by atoms with Crippen LogP contribution in [0.25, 0.3) is 0 Å². The fourth-order valence-corrected chi connectivity index (χ4v) is 2.29. The van der Waals surface area contributed by atoms with Crippen LogP contribution in [0.4, 0.5) is 0 Å². The smallest absolute Gasteiger partial charge is 0.272 e. The molecule has 0 radical (unpaired) electrons. The summed E-state index contributed by atoms with van der Waals surface area (Å²) in [7, 11) is 3.91. The molecule has 2 rings (SSSR count). The highest BCUT2D eigenvalue weighted by molar-refractivity contribution is 5.92. The number of pyridine rings is 1. The monoisotopic (exact) mass is 290 g/mol. The second kappa shape index (κ2) is 7.17. The Morgan fingerprint density at radius 1 is 1.14 bits per heavy atom. The normalized spacial score (nSPS) is 15.4. The molecule has 21 heavy (non-hydrogen) atoms. The lowest BCUT2D eigenvalue weighted by molar-refractivity contribution is -0.132. The molecule has 1 fully saturated rings. The van der Waals surface area contributed by atoms with Crippen molar-refractivity contribution in [2.24, 2.45) is 0 Å². The van der Waals surface area contributed by atoms with E-state index in [-0.39, 0.29) is 11.8 Å². The number of amides is 2. The number of carbonyl (C=O) groups excluding carboxylic acids is 2. The van der Waals surface area contributed by atoms with E-state index in [1.807, 2.05) is 23.9 Å². The Morgan fingerprint density at radius 2 is 1.81 bits per heavy atom. The third-order valence-electron chi connectivity index (χ3n) is 3.58. The number of carbonyl (C=O) groups is 2. The third-order valence-corrected chi connectivity index (χ3v) is 3.58. The molecule has 2 heterocycles. The van der Waals surface area contributed by atoms with E-state index in [2.05, 4.69) is 4.98 Å². The van der Waals surface area contributed by atoms with Crippen LogP contribution in [0, 0.1) is 0 Å². The first-order valence-electron chi connectivity index (χ1n) is 7.21. The minimum Gasteiger partial charge on any atom is -0.339 e. The van der Waals surface area contributed by atoms with Crippen LogP contribution in [-0.4, -0.2) is 78.3 Å². The van der Waals surface area contributed by atoms with Gasteiger partial charge >= 0.3 is 0 Å². The van der Waals surface area contributed by atoms with E-state index in [1.165, 1.54) is 0 Å². The van der Waals surface area contributed by atoms with Gasteiger partial charge in [-0.2, -0.15) is 0 Å². The van der Waals surface area contributed by atoms with E-state index in [0.29, 0.717) is 38.3 Å². The summed E-state index contributed by atoms with van der Waals surface area (Å²) >= 11 is 0. The molecule has 1 aliphatic heterocycles. The van der Waals surface area contributed by atoms with Gasteiger partial charge in [0, 0.05) is 45.3 Å². The predicted molar refractivity (Wildman–Crippen MR) is 79.9 cm³/mol. The number of aromatic nitrogens is 1. The molecule has 0 unspecified atom stereocenters.